The van der Waals surface area contributed by atoms with Crippen molar-refractivity contribution in [3.05, 3.63) is 23.8 Å². The van der Waals surface area contributed by atoms with Gasteiger partial charge in [-0.15, -0.1) is 0 Å². The van der Waals surface area contributed by atoms with Crippen molar-refractivity contribution >= 4 is 21.6 Å². The standard InChI is InChI=1S/C14H21N3O3S/c1-11(18)17-8-6-12-4-5-13(10-14(12)17)21(19,20)16(3)9-7-15-2/h4-5,10,15H,6-9H2,1-3H3. The van der Waals surface area contributed by atoms with E-state index in [0.29, 0.717) is 25.3 Å². The first-order valence-electron chi connectivity index (χ1n) is 6.90. The number of nitrogens with zero attached hydrogens (tertiary/aromatic N) is 2. The second-order valence-electron chi connectivity index (χ2n) is 5.14. The van der Waals surface area contributed by atoms with Crippen LogP contribution in [0.5, 0.6) is 0 Å². The highest BCUT2D eigenvalue weighted by molar-refractivity contribution is 7.89. The van der Waals surface area contributed by atoms with Gasteiger partial charge in [-0.05, 0) is 31.2 Å². The van der Waals surface area contributed by atoms with Crippen molar-refractivity contribution in [1.82, 2.24) is 9.62 Å². The van der Waals surface area contributed by atoms with Gasteiger partial charge in [-0.1, -0.05) is 6.07 Å². The van der Waals surface area contributed by atoms with Gasteiger partial charge in [-0.2, -0.15) is 4.31 Å². The number of carbonyl (C=O) groups excluding carboxylic acids is 1. The number of benzene rings is 1. The molecular formula is C14H21N3O3S. The average Bonchev–Trinajstić information content (AvgIpc) is 2.87. The number of hydrogen-bond acceptors (Lipinski definition) is 4. The molecule has 21 heavy (non-hydrogen) atoms. The fraction of sp³-hybridized carbons (Fsp3) is 0.500. The van der Waals surface area contributed by atoms with E-state index < -0.39 is 10.0 Å². The fourth-order valence-electron chi connectivity index (χ4n) is 2.42. The number of carbonyl (C=O) groups is 1. The predicted molar refractivity (Wildman–Crippen MR) is 81.9 cm³/mol. The molecule has 6 nitrogen and oxygen atoms in total. The van der Waals surface area contributed by atoms with E-state index in [0.717, 1.165) is 12.0 Å². The maximum Gasteiger partial charge on any atom is 0.242 e. The van der Waals surface area contributed by atoms with Gasteiger partial charge in [-0.25, -0.2) is 8.42 Å². The van der Waals surface area contributed by atoms with E-state index in [1.165, 1.54) is 11.2 Å². The number of hydrogen-bond donors (Lipinski definition) is 1. The lowest BCUT2D eigenvalue weighted by Crippen LogP contribution is -2.33. The third-order valence-electron chi connectivity index (χ3n) is 3.72. The molecule has 1 aliphatic rings. The zero-order chi connectivity index (χ0) is 15.6. The Hall–Kier alpha value is -1.44. The van der Waals surface area contributed by atoms with Crippen LogP contribution in [0.3, 0.4) is 0 Å². The van der Waals surface area contributed by atoms with Crippen molar-refractivity contribution in [3.63, 3.8) is 0 Å². The Morgan fingerprint density at radius 3 is 2.76 bits per heavy atom. The number of amides is 1. The summed E-state index contributed by atoms with van der Waals surface area (Å²) >= 11 is 0. The Balaban J connectivity index is 2.34. The summed E-state index contributed by atoms with van der Waals surface area (Å²) in [5.41, 5.74) is 1.73. The number of nitrogens with one attached hydrogen (secondary N) is 1. The molecule has 1 aromatic rings. The molecule has 0 saturated carbocycles. The SMILES string of the molecule is CNCCN(C)S(=O)(=O)c1ccc2c(c1)N(C(C)=O)CC2. The van der Waals surface area contributed by atoms with E-state index in [1.807, 2.05) is 0 Å². The van der Waals surface area contributed by atoms with Crippen LogP contribution in [0, 0.1) is 0 Å². The lowest BCUT2D eigenvalue weighted by atomic mass is 10.2. The van der Waals surface area contributed by atoms with Gasteiger partial charge in [0.05, 0.1) is 4.90 Å². The summed E-state index contributed by atoms with van der Waals surface area (Å²) in [5.74, 6) is -0.0631. The summed E-state index contributed by atoms with van der Waals surface area (Å²) in [4.78, 5) is 13.5. The summed E-state index contributed by atoms with van der Waals surface area (Å²) in [6, 6.07) is 5.03. The highest BCUT2D eigenvalue weighted by Gasteiger charge is 2.26. The molecule has 0 aromatic heterocycles. The van der Waals surface area contributed by atoms with Gasteiger partial charge in [0.25, 0.3) is 0 Å². The molecule has 2 rings (SSSR count). The topological polar surface area (TPSA) is 69.7 Å². The highest BCUT2D eigenvalue weighted by atomic mass is 32.2. The predicted octanol–water partition coefficient (Wildman–Crippen LogP) is 0.436. The summed E-state index contributed by atoms with van der Waals surface area (Å²) in [7, 11) is -0.190. The Morgan fingerprint density at radius 1 is 1.43 bits per heavy atom. The number of anilines is 1. The Labute approximate surface area is 125 Å². The molecule has 0 radical (unpaired) electrons. The van der Waals surface area contributed by atoms with Gasteiger partial charge < -0.3 is 10.2 Å². The van der Waals surface area contributed by atoms with Crippen LogP contribution in [-0.2, 0) is 21.2 Å². The maximum atomic E-state index is 12.5. The summed E-state index contributed by atoms with van der Waals surface area (Å²) in [6.07, 6.45) is 0.769. The third kappa shape index (κ3) is 3.09. The minimum absolute atomic E-state index is 0.0631. The van der Waals surface area contributed by atoms with Crippen LogP contribution in [0.4, 0.5) is 5.69 Å². The minimum atomic E-state index is -3.53. The smallest absolute Gasteiger partial charge is 0.242 e. The Kier molecular flexibility index (Phi) is 4.65. The molecule has 1 amide bonds. The molecule has 0 saturated heterocycles. The molecule has 0 spiro atoms. The number of fused-ring (bicyclic) bond motifs is 1. The van der Waals surface area contributed by atoms with Crippen molar-refractivity contribution in [1.29, 1.82) is 0 Å². The molecule has 1 aromatic carbocycles. The first-order valence-corrected chi connectivity index (χ1v) is 8.34. The van der Waals surface area contributed by atoms with Gasteiger partial charge in [0.1, 0.15) is 0 Å². The maximum absolute atomic E-state index is 12.5. The normalized spacial score (nSPS) is 14.6. The van der Waals surface area contributed by atoms with Crippen LogP contribution < -0.4 is 10.2 Å². The number of sulfonamides is 1. The molecule has 1 N–H and O–H groups in total. The third-order valence-corrected chi connectivity index (χ3v) is 5.57. The van der Waals surface area contributed by atoms with Crippen molar-refractivity contribution in [2.24, 2.45) is 0 Å². The lowest BCUT2D eigenvalue weighted by Gasteiger charge is -2.19. The first kappa shape index (κ1) is 15.9. The highest BCUT2D eigenvalue weighted by Crippen LogP contribution is 2.31. The largest absolute Gasteiger partial charge is 0.318 e. The van der Waals surface area contributed by atoms with E-state index in [-0.39, 0.29) is 10.8 Å². The molecule has 0 aliphatic carbocycles. The quantitative estimate of drug-likeness (QED) is 0.856. The molecule has 116 valence electrons. The minimum Gasteiger partial charge on any atom is -0.318 e. The first-order chi connectivity index (χ1) is 9.87. The van der Waals surface area contributed by atoms with Gasteiger partial charge in [0.2, 0.25) is 15.9 Å². The van der Waals surface area contributed by atoms with E-state index in [2.05, 4.69) is 5.32 Å². The van der Waals surface area contributed by atoms with E-state index in [1.54, 1.807) is 37.2 Å². The zero-order valence-electron chi connectivity index (χ0n) is 12.6. The van der Waals surface area contributed by atoms with Crippen LogP contribution in [-0.4, -0.2) is 52.4 Å². The van der Waals surface area contributed by atoms with Gasteiger partial charge in [0, 0.05) is 39.3 Å². The van der Waals surface area contributed by atoms with E-state index >= 15 is 0 Å². The summed E-state index contributed by atoms with van der Waals surface area (Å²) < 4.78 is 26.3. The van der Waals surface area contributed by atoms with Crippen molar-refractivity contribution in [3.8, 4) is 0 Å². The number of likely N-dealkylation sites (N-methyl/N-ethyl adjacent to an activating group) is 2. The molecular weight excluding hydrogens is 290 g/mol. The van der Waals surface area contributed by atoms with Crippen LogP contribution in [0.2, 0.25) is 0 Å². The second-order valence-corrected chi connectivity index (χ2v) is 7.19. The Morgan fingerprint density at radius 2 is 2.14 bits per heavy atom. The molecule has 0 atom stereocenters. The van der Waals surface area contributed by atoms with Crippen molar-refractivity contribution in [2.45, 2.75) is 18.2 Å². The average molecular weight is 311 g/mol. The molecule has 0 unspecified atom stereocenters. The summed E-state index contributed by atoms with van der Waals surface area (Å²) in [6.45, 7) is 3.09. The Bertz CT molecular complexity index is 643. The van der Waals surface area contributed by atoms with Gasteiger partial charge >= 0.3 is 0 Å². The number of rotatable bonds is 5. The molecule has 0 bridgehead atoms. The molecule has 1 aliphatic heterocycles. The van der Waals surface area contributed by atoms with Gasteiger partial charge in [-0.3, -0.25) is 4.79 Å². The fourth-order valence-corrected chi connectivity index (χ4v) is 3.61. The van der Waals surface area contributed by atoms with E-state index in [4.69, 9.17) is 0 Å². The van der Waals surface area contributed by atoms with Crippen LogP contribution in [0.1, 0.15) is 12.5 Å². The molecule has 1 heterocycles. The second kappa shape index (κ2) is 6.13. The van der Waals surface area contributed by atoms with Crippen LogP contribution in [0.25, 0.3) is 0 Å². The van der Waals surface area contributed by atoms with Crippen molar-refractivity contribution < 1.29 is 13.2 Å². The monoisotopic (exact) mass is 311 g/mol. The van der Waals surface area contributed by atoms with E-state index in [9.17, 15) is 13.2 Å². The van der Waals surface area contributed by atoms with Crippen LogP contribution >= 0.6 is 0 Å². The molecule has 0 fully saturated rings. The van der Waals surface area contributed by atoms with Crippen LogP contribution in [0.15, 0.2) is 23.1 Å². The zero-order valence-corrected chi connectivity index (χ0v) is 13.4. The van der Waals surface area contributed by atoms with Gasteiger partial charge in [0.15, 0.2) is 0 Å². The van der Waals surface area contributed by atoms with Crippen molar-refractivity contribution in [2.75, 3.05) is 38.6 Å². The molecule has 7 heteroatoms. The lowest BCUT2D eigenvalue weighted by molar-refractivity contribution is -0.116. The summed E-state index contributed by atoms with van der Waals surface area (Å²) in [5, 5.41) is 2.93.